The highest BCUT2D eigenvalue weighted by atomic mass is 16.5. The molecule has 2 aromatic rings. The van der Waals surface area contributed by atoms with E-state index in [0.29, 0.717) is 22.9 Å². The number of hydrogen-bond acceptors (Lipinski definition) is 7. The lowest BCUT2D eigenvalue weighted by Crippen LogP contribution is -2.50. The Morgan fingerprint density at radius 2 is 1.77 bits per heavy atom. The van der Waals surface area contributed by atoms with Gasteiger partial charge in [0.05, 0.1) is 31.2 Å². The molecule has 1 fully saturated rings. The molecule has 2 aromatic carbocycles. The monoisotopic (exact) mass is 427 g/mol. The summed E-state index contributed by atoms with van der Waals surface area (Å²) in [6.45, 7) is -0.504. The zero-order valence-electron chi connectivity index (χ0n) is 17.0. The van der Waals surface area contributed by atoms with Gasteiger partial charge in [-0.3, -0.25) is 19.8 Å². The van der Waals surface area contributed by atoms with Crippen LogP contribution in [0.15, 0.2) is 42.5 Å². The topological polar surface area (TPSA) is 123 Å². The van der Waals surface area contributed by atoms with Crippen LogP contribution in [0.1, 0.15) is 23.2 Å². The predicted octanol–water partition coefficient (Wildman–Crippen LogP) is 1.66. The highest BCUT2D eigenvalue weighted by Crippen LogP contribution is 2.29. The quantitative estimate of drug-likeness (QED) is 0.644. The highest BCUT2D eigenvalue weighted by molar-refractivity contribution is 6.01. The van der Waals surface area contributed by atoms with E-state index in [1.807, 2.05) is 0 Å². The second-order valence-electron chi connectivity index (χ2n) is 6.50. The zero-order valence-corrected chi connectivity index (χ0v) is 17.0. The number of esters is 1. The zero-order chi connectivity index (χ0) is 22.4. The van der Waals surface area contributed by atoms with Crippen LogP contribution < -0.4 is 25.2 Å². The van der Waals surface area contributed by atoms with E-state index in [4.69, 9.17) is 14.2 Å². The van der Waals surface area contributed by atoms with Crippen molar-refractivity contribution in [3.63, 3.8) is 0 Å². The lowest BCUT2D eigenvalue weighted by atomic mass is 10.2. The minimum atomic E-state index is -0.711. The van der Waals surface area contributed by atoms with Crippen molar-refractivity contribution in [2.75, 3.05) is 31.2 Å². The van der Waals surface area contributed by atoms with Crippen molar-refractivity contribution in [1.29, 1.82) is 0 Å². The van der Waals surface area contributed by atoms with Crippen LogP contribution >= 0.6 is 0 Å². The molecule has 0 radical (unpaired) electrons. The number of hydrazine groups is 1. The molecule has 31 heavy (non-hydrogen) atoms. The van der Waals surface area contributed by atoms with Crippen LogP contribution in [0.2, 0.25) is 0 Å². The smallest absolute Gasteiger partial charge is 0.338 e. The summed E-state index contributed by atoms with van der Waals surface area (Å²) in [6.07, 6.45) is 0.258. The van der Waals surface area contributed by atoms with Gasteiger partial charge >= 0.3 is 5.97 Å². The van der Waals surface area contributed by atoms with Gasteiger partial charge < -0.3 is 19.5 Å². The van der Waals surface area contributed by atoms with Gasteiger partial charge in [-0.25, -0.2) is 9.80 Å². The van der Waals surface area contributed by atoms with Crippen molar-refractivity contribution in [1.82, 2.24) is 5.43 Å². The number of amides is 3. The lowest BCUT2D eigenvalue weighted by Gasteiger charge is -2.27. The Labute approximate surface area is 178 Å². The minimum Gasteiger partial charge on any atom is -0.497 e. The molecule has 0 aliphatic carbocycles. The third kappa shape index (κ3) is 5.30. The lowest BCUT2D eigenvalue weighted by molar-refractivity contribution is -0.130. The Kier molecular flexibility index (Phi) is 6.71. The van der Waals surface area contributed by atoms with E-state index in [0.717, 1.165) is 5.01 Å². The predicted molar refractivity (Wildman–Crippen MR) is 110 cm³/mol. The molecule has 3 rings (SSSR count). The van der Waals surface area contributed by atoms with E-state index in [2.05, 4.69) is 10.7 Å². The molecule has 2 N–H and O–H groups in total. The van der Waals surface area contributed by atoms with Crippen LogP contribution in [0.5, 0.6) is 11.5 Å². The van der Waals surface area contributed by atoms with Crippen LogP contribution in [0.3, 0.4) is 0 Å². The third-order valence-corrected chi connectivity index (χ3v) is 4.43. The van der Waals surface area contributed by atoms with Gasteiger partial charge in [0.2, 0.25) is 11.8 Å². The maximum absolute atomic E-state index is 12.2. The van der Waals surface area contributed by atoms with Gasteiger partial charge in [0, 0.05) is 18.9 Å². The molecule has 3 amide bonds. The first-order valence-electron chi connectivity index (χ1n) is 9.32. The van der Waals surface area contributed by atoms with Gasteiger partial charge in [-0.05, 0) is 36.4 Å². The fourth-order valence-electron chi connectivity index (χ4n) is 2.83. The van der Waals surface area contributed by atoms with Crippen molar-refractivity contribution in [2.24, 2.45) is 0 Å². The summed E-state index contributed by atoms with van der Waals surface area (Å²) in [7, 11) is 2.97. The van der Waals surface area contributed by atoms with Gasteiger partial charge in [-0.1, -0.05) is 0 Å². The second kappa shape index (κ2) is 9.61. The Morgan fingerprint density at radius 1 is 1.03 bits per heavy atom. The molecule has 0 spiro atoms. The van der Waals surface area contributed by atoms with E-state index in [1.54, 1.807) is 18.2 Å². The Balaban J connectivity index is 1.56. The number of nitrogens with zero attached hydrogens (tertiary/aromatic N) is 1. The summed E-state index contributed by atoms with van der Waals surface area (Å²) in [6, 6.07) is 10.8. The largest absolute Gasteiger partial charge is 0.497 e. The highest BCUT2D eigenvalue weighted by Gasteiger charge is 2.24. The molecule has 10 heteroatoms. The van der Waals surface area contributed by atoms with Gasteiger partial charge in [0.25, 0.3) is 5.91 Å². The molecule has 0 bridgehead atoms. The number of ether oxygens (including phenoxy) is 3. The molecule has 0 atom stereocenters. The van der Waals surface area contributed by atoms with Gasteiger partial charge in [-0.15, -0.1) is 0 Å². The molecule has 0 unspecified atom stereocenters. The molecule has 10 nitrogen and oxygen atoms in total. The summed E-state index contributed by atoms with van der Waals surface area (Å²) in [5.41, 5.74) is 3.48. The van der Waals surface area contributed by atoms with E-state index < -0.39 is 18.5 Å². The van der Waals surface area contributed by atoms with Crippen molar-refractivity contribution < 1.29 is 33.4 Å². The first kappa shape index (κ1) is 21.6. The molecule has 162 valence electrons. The van der Waals surface area contributed by atoms with Crippen LogP contribution in [0.25, 0.3) is 0 Å². The van der Waals surface area contributed by atoms with E-state index >= 15 is 0 Å². The normalized spacial score (nSPS) is 13.3. The fraction of sp³-hybridized carbons (Fsp3) is 0.238. The molecular formula is C21H21N3O7. The number of benzene rings is 2. The van der Waals surface area contributed by atoms with Gasteiger partial charge in [0.15, 0.2) is 6.61 Å². The van der Waals surface area contributed by atoms with Crippen LogP contribution in [-0.4, -0.2) is 44.5 Å². The van der Waals surface area contributed by atoms with Crippen LogP contribution in [0, 0.1) is 0 Å². The molecule has 1 heterocycles. The van der Waals surface area contributed by atoms with Crippen molar-refractivity contribution in [3.05, 3.63) is 48.0 Å². The Hall–Kier alpha value is -4.08. The maximum atomic E-state index is 12.2. The Morgan fingerprint density at radius 3 is 2.45 bits per heavy atom. The van der Waals surface area contributed by atoms with Crippen molar-refractivity contribution >= 4 is 35.1 Å². The SMILES string of the molecule is COc1ccc(NC(=O)COC(=O)c2ccc(N3NC(=O)CCC3=O)cc2)c(OC)c1. The number of anilines is 2. The van der Waals surface area contributed by atoms with E-state index in [-0.39, 0.29) is 30.2 Å². The molecule has 1 aliphatic rings. The number of hydrogen-bond donors (Lipinski definition) is 2. The number of methoxy groups -OCH3 is 2. The number of rotatable bonds is 7. The van der Waals surface area contributed by atoms with Crippen molar-refractivity contribution in [2.45, 2.75) is 12.8 Å². The molecule has 0 saturated carbocycles. The summed E-state index contributed by atoms with van der Waals surface area (Å²) in [5.74, 6) is -0.805. The van der Waals surface area contributed by atoms with Gasteiger partial charge in [-0.2, -0.15) is 0 Å². The minimum absolute atomic E-state index is 0.115. The summed E-state index contributed by atoms with van der Waals surface area (Å²) in [4.78, 5) is 47.8. The average molecular weight is 427 g/mol. The maximum Gasteiger partial charge on any atom is 0.338 e. The molecule has 1 saturated heterocycles. The van der Waals surface area contributed by atoms with E-state index in [9.17, 15) is 19.2 Å². The average Bonchev–Trinajstić information content (AvgIpc) is 2.79. The van der Waals surface area contributed by atoms with E-state index in [1.165, 1.54) is 38.5 Å². The molecule has 0 aromatic heterocycles. The number of nitrogens with one attached hydrogen (secondary N) is 2. The fourth-order valence-corrected chi connectivity index (χ4v) is 2.83. The first-order valence-corrected chi connectivity index (χ1v) is 9.32. The standard InChI is InChI=1S/C21H21N3O7/c1-29-15-7-8-16(17(11-15)30-2)22-19(26)12-31-21(28)13-3-5-14(6-4-13)24-20(27)10-9-18(25)23-24/h3-8,11H,9-10,12H2,1-2H3,(H,22,26)(H,23,25). The summed E-state index contributed by atoms with van der Waals surface area (Å²) < 4.78 is 15.3. The van der Waals surface area contributed by atoms with Gasteiger partial charge in [0.1, 0.15) is 11.5 Å². The number of carbonyl (C=O) groups is 4. The molecule has 1 aliphatic heterocycles. The second-order valence-corrected chi connectivity index (χ2v) is 6.50. The summed E-state index contributed by atoms with van der Waals surface area (Å²) in [5, 5.41) is 3.74. The summed E-state index contributed by atoms with van der Waals surface area (Å²) >= 11 is 0. The first-order chi connectivity index (χ1) is 14.9. The number of carbonyl (C=O) groups excluding carboxylic acids is 4. The molecular weight excluding hydrogens is 406 g/mol. The van der Waals surface area contributed by atoms with Crippen LogP contribution in [-0.2, 0) is 19.1 Å². The van der Waals surface area contributed by atoms with Crippen LogP contribution in [0.4, 0.5) is 11.4 Å². The van der Waals surface area contributed by atoms with Crippen molar-refractivity contribution in [3.8, 4) is 11.5 Å². The Bertz CT molecular complexity index is 1000. The third-order valence-electron chi connectivity index (χ3n) is 4.43.